The zero-order chi connectivity index (χ0) is 14.8. The summed E-state index contributed by atoms with van der Waals surface area (Å²) in [6, 6.07) is 11.0. The molecule has 0 aliphatic carbocycles. The number of rotatable bonds is 3. The number of hydrogen-bond donors (Lipinski definition) is 1. The number of hydrogen-bond acceptors (Lipinski definition) is 2. The molecule has 0 saturated carbocycles. The van der Waals surface area contributed by atoms with Crippen molar-refractivity contribution in [2.24, 2.45) is 0 Å². The number of nitrogens with one attached hydrogen (secondary N) is 1. The van der Waals surface area contributed by atoms with Gasteiger partial charge in [-0.3, -0.25) is 4.79 Å². The lowest BCUT2D eigenvalue weighted by atomic mass is 9.84. The molecule has 2 rings (SSSR count). The van der Waals surface area contributed by atoms with Gasteiger partial charge in [0.05, 0.1) is 5.41 Å². The van der Waals surface area contributed by atoms with Gasteiger partial charge in [0.1, 0.15) is 5.82 Å². The van der Waals surface area contributed by atoms with E-state index in [2.05, 4.69) is 10.3 Å². The molecule has 1 aromatic carbocycles. The van der Waals surface area contributed by atoms with E-state index in [0.29, 0.717) is 10.8 Å². The number of amides is 1. The first-order valence-electron chi connectivity index (χ1n) is 6.40. The summed E-state index contributed by atoms with van der Waals surface area (Å²) in [4.78, 5) is 16.6. The van der Waals surface area contributed by atoms with Crippen LogP contribution in [-0.4, -0.2) is 10.9 Å². The molecule has 2 aromatic rings. The van der Waals surface area contributed by atoms with Crippen LogP contribution in [0.2, 0.25) is 5.02 Å². The molecule has 1 N–H and O–H groups in total. The molecular weight excluding hydrogens is 272 g/mol. The summed E-state index contributed by atoms with van der Waals surface area (Å²) in [6.45, 7) is 5.68. The van der Waals surface area contributed by atoms with Gasteiger partial charge in [-0.05, 0) is 50.1 Å². The third-order valence-corrected chi connectivity index (χ3v) is 3.50. The maximum atomic E-state index is 12.4. The summed E-state index contributed by atoms with van der Waals surface area (Å²) in [6.07, 6.45) is 1.72. The van der Waals surface area contributed by atoms with Crippen molar-refractivity contribution in [3.63, 3.8) is 0 Å². The van der Waals surface area contributed by atoms with Crippen LogP contribution in [0.4, 0.5) is 5.82 Å². The number of benzene rings is 1. The van der Waals surface area contributed by atoms with Gasteiger partial charge in [0.2, 0.25) is 5.91 Å². The van der Waals surface area contributed by atoms with E-state index in [1.165, 1.54) is 0 Å². The van der Waals surface area contributed by atoms with Crippen LogP contribution in [0.25, 0.3) is 0 Å². The summed E-state index contributed by atoms with van der Waals surface area (Å²) in [7, 11) is 0. The summed E-state index contributed by atoms with van der Waals surface area (Å²) >= 11 is 5.99. The van der Waals surface area contributed by atoms with Gasteiger partial charge < -0.3 is 5.32 Å². The summed E-state index contributed by atoms with van der Waals surface area (Å²) in [5, 5.41) is 3.46. The molecule has 1 heterocycles. The summed E-state index contributed by atoms with van der Waals surface area (Å²) in [5.41, 5.74) is 1.24. The second-order valence-corrected chi connectivity index (χ2v) is 5.75. The van der Waals surface area contributed by atoms with E-state index >= 15 is 0 Å². The second-order valence-electron chi connectivity index (χ2n) is 5.31. The van der Waals surface area contributed by atoms with Crippen LogP contribution < -0.4 is 5.32 Å². The largest absolute Gasteiger partial charge is 0.310 e. The smallest absolute Gasteiger partial charge is 0.235 e. The van der Waals surface area contributed by atoms with Gasteiger partial charge >= 0.3 is 0 Å². The summed E-state index contributed by atoms with van der Waals surface area (Å²) in [5.74, 6) is 0.437. The number of carbonyl (C=O) groups is 1. The third kappa shape index (κ3) is 3.17. The molecule has 1 aromatic heterocycles. The lowest BCUT2D eigenvalue weighted by Gasteiger charge is -2.24. The van der Waals surface area contributed by atoms with Crippen molar-refractivity contribution in [1.82, 2.24) is 4.98 Å². The SMILES string of the molecule is Cc1ccc(NC(=O)C(C)(C)c2cccc(Cl)c2)nc1. The molecule has 0 unspecified atom stereocenters. The molecule has 0 atom stereocenters. The zero-order valence-corrected chi connectivity index (χ0v) is 12.5. The fourth-order valence-electron chi connectivity index (χ4n) is 1.82. The van der Waals surface area contributed by atoms with Crippen LogP contribution in [0.15, 0.2) is 42.6 Å². The molecule has 0 saturated heterocycles. The fraction of sp³-hybridized carbons (Fsp3) is 0.250. The Labute approximate surface area is 124 Å². The predicted octanol–water partition coefficient (Wildman–Crippen LogP) is 3.96. The van der Waals surface area contributed by atoms with Crippen LogP contribution in [0.5, 0.6) is 0 Å². The topological polar surface area (TPSA) is 42.0 Å². The Morgan fingerprint density at radius 3 is 2.60 bits per heavy atom. The Morgan fingerprint density at radius 1 is 1.25 bits per heavy atom. The number of aryl methyl sites for hydroxylation is 1. The molecule has 104 valence electrons. The maximum absolute atomic E-state index is 12.4. The number of carbonyl (C=O) groups excluding carboxylic acids is 1. The van der Waals surface area contributed by atoms with Crippen molar-refractivity contribution in [1.29, 1.82) is 0 Å². The molecule has 0 radical (unpaired) electrons. The minimum atomic E-state index is -0.683. The number of halogens is 1. The van der Waals surface area contributed by atoms with E-state index in [0.717, 1.165) is 11.1 Å². The van der Waals surface area contributed by atoms with Gasteiger partial charge in [0.25, 0.3) is 0 Å². The quantitative estimate of drug-likeness (QED) is 0.929. The lowest BCUT2D eigenvalue weighted by Crippen LogP contribution is -2.35. The lowest BCUT2D eigenvalue weighted by molar-refractivity contribution is -0.120. The average molecular weight is 289 g/mol. The first-order chi connectivity index (χ1) is 9.39. The van der Waals surface area contributed by atoms with Gasteiger partial charge in [0.15, 0.2) is 0 Å². The van der Waals surface area contributed by atoms with Crippen molar-refractivity contribution in [3.05, 3.63) is 58.7 Å². The highest BCUT2D eigenvalue weighted by Gasteiger charge is 2.30. The van der Waals surface area contributed by atoms with Gasteiger partial charge in [-0.25, -0.2) is 4.98 Å². The second kappa shape index (κ2) is 5.63. The highest BCUT2D eigenvalue weighted by atomic mass is 35.5. The van der Waals surface area contributed by atoms with Crippen molar-refractivity contribution >= 4 is 23.3 Å². The van der Waals surface area contributed by atoms with Crippen LogP contribution in [-0.2, 0) is 10.2 Å². The van der Waals surface area contributed by atoms with Crippen molar-refractivity contribution < 1.29 is 4.79 Å². The number of nitrogens with zero attached hydrogens (tertiary/aromatic N) is 1. The zero-order valence-electron chi connectivity index (χ0n) is 11.8. The first-order valence-corrected chi connectivity index (χ1v) is 6.77. The van der Waals surface area contributed by atoms with E-state index in [9.17, 15) is 4.79 Å². The molecular formula is C16H17ClN2O. The minimum absolute atomic E-state index is 0.115. The number of anilines is 1. The predicted molar refractivity (Wildman–Crippen MR) is 82.1 cm³/mol. The fourth-order valence-corrected chi connectivity index (χ4v) is 2.01. The monoisotopic (exact) mass is 288 g/mol. The van der Waals surface area contributed by atoms with Gasteiger partial charge in [-0.15, -0.1) is 0 Å². The van der Waals surface area contributed by atoms with Gasteiger partial charge in [0, 0.05) is 11.2 Å². The van der Waals surface area contributed by atoms with Crippen LogP contribution >= 0.6 is 11.6 Å². The van der Waals surface area contributed by atoms with Crippen LogP contribution in [0, 0.1) is 6.92 Å². The van der Waals surface area contributed by atoms with Crippen molar-refractivity contribution in [2.45, 2.75) is 26.2 Å². The molecule has 0 fully saturated rings. The summed E-state index contributed by atoms with van der Waals surface area (Å²) < 4.78 is 0. The van der Waals surface area contributed by atoms with Gasteiger partial charge in [-0.2, -0.15) is 0 Å². The molecule has 0 aliphatic heterocycles. The third-order valence-electron chi connectivity index (χ3n) is 3.27. The van der Waals surface area contributed by atoms with E-state index in [1.807, 2.05) is 45.0 Å². The average Bonchev–Trinajstić information content (AvgIpc) is 2.41. The van der Waals surface area contributed by atoms with Gasteiger partial charge in [-0.1, -0.05) is 29.8 Å². The molecule has 4 heteroatoms. The first kappa shape index (κ1) is 14.5. The highest BCUT2D eigenvalue weighted by molar-refractivity contribution is 6.30. The highest BCUT2D eigenvalue weighted by Crippen LogP contribution is 2.27. The van der Waals surface area contributed by atoms with Crippen LogP contribution in [0.3, 0.4) is 0 Å². The molecule has 3 nitrogen and oxygen atoms in total. The number of aromatic nitrogens is 1. The molecule has 0 aliphatic rings. The molecule has 1 amide bonds. The Morgan fingerprint density at radius 2 is 2.00 bits per heavy atom. The Kier molecular flexibility index (Phi) is 4.09. The molecule has 20 heavy (non-hydrogen) atoms. The van der Waals surface area contributed by atoms with Crippen molar-refractivity contribution in [3.8, 4) is 0 Å². The standard InChI is InChI=1S/C16H17ClN2O/c1-11-7-8-14(18-10-11)19-15(20)16(2,3)12-5-4-6-13(17)9-12/h4-10H,1-3H3,(H,18,19,20). The number of pyridine rings is 1. The normalized spacial score (nSPS) is 11.2. The van der Waals surface area contributed by atoms with E-state index in [4.69, 9.17) is 11.6 Å². The van der Waals surface area contributed by atoms with E-state index in [-0.39, 0.29) is 5.91 Å². The van der Waals surface area contributed by atoms with Crippen LogP contribution in [0.1, 0.15) is 25.0 Å². The van der Waals surface area contributed by atoms with E-state index < -0.39 is 5.41 Å². The minimum Gasteiger partial charge on any atom is -0.310 e. The van der Waals surface area contributed by atoms with E-state index in [1.54, 1.807) is 18.3 Å². The Balaban J connectivity index is 2.21. The molecule has 0 spiro atoms. The Hall–Kier alpha value is -1.87. The van der Waals surface area contributed by atoms with Crippen molar-refractivity contribution in [2.75, 3.05) is 5.32 Å². The maximum Gasteiger partial charge on any atom is 0.235 e. The Bertz CT molecular complexity index is 621. The molecule has 0 bridgehead atoms.